The van der Waals surface area contributed by atoms with Crippen LogP contribution in [0, 0.1) is 0 Å². The Morgan fingerprint density at radius 1 is 1.56 bits per heavy atom. The van der Waals surface area contributed by atoms with Crippen LogP contribution in [0.3, 0.4) is 0 Å². The Kier molecular flexibility index (Phi) is 5.19. The Hall–Kier alpha value is -0.880. The van der Waals surface area contributed by atoms with E-state index in [1.54, 1.807) is 0 Å². The van der Waals surface area contributed by atoms with E-state index in [0.717, 1.165) is 42.7 Å². The zero-order valence-corrected chi connectivity index (χ0v) is 12.1. The SMILES string of the molecule is CCCNc1ncnc(OCC2CCCO2)c1Br. The lowest BCUT2D eigenvalue weighted by molar-refractivity contribution is 0.0660. The van der Waals surface area contributed by atoms with Crippen LogP contribution in [0.25, 0.3) is 0 Å². The molecule has 18 heavy (non-hydrogen) atoms. The summed E-state index contributed by atoms with van der Waals surface area (Å²) in [4.78, 5) is 8.31. The average Bonchev–Trinajstić information content (AvgIpc) is 2.89. The number of hydrogen-bond acceptors (Lipinski definition) is 5. The summed E-state index contributed by atoms with van der Waals surface area (Å²) in [5.41, 5.74) is 0. The Morgan fingerprint density at radius 2 is 2.44 bits per heavy atom. The lowest BCUT2D eigenvalue weighted by atomic mass is 10.2. The van der Waals surface area contributed by atoms with Crippen molar-refractivity contribution in [3.8, 4) is 5.88 Å². The monoisotopic (exact) mass is 315 g/mol. The van der Waals surface area contributed by atoms with Gasteiger partial charge in [0.15, 0.2) is 0 Å². The standard InChI is InChI=1S/C12H18BrN3O2/c1-2-5-14-11-10(13)12(16-8-15-11)18-7-9-4-3-6-17-9/h8-9H,2-7H2,1H3,(H,14,15,16). The first kappa shape index (κ1) is 13.5. The first-order chi connectivity index (χ1) is 8.81. The summed E-state index contributed by atoms with van der Waals surface area (Å²) in [5.74, 6) is 1.34. The molecule has 0 aromatic carbocycles. The van der Waals surface area contributed by atoms with Gasteiger partial charge in [0.25, 0.3) is 0 Å². The van der Waals surface area contributed by atoms with Crippen LogP contribution >= 0.6 is 15.9 Å². The molecule has 0 radical (unpaired) electrons. The van der Waals surface area contributed by atoms with E-state index in [-0.39, 0.29) is 6.10 Å². The average molecular weight is 316 g/mol. The highest BCUT2D eigenvalue weighted by Crippen LogP contribution is 2.28. The number of hydrogen-bond donors (Lipinski definition) is 1. The van der Waals surface area contributed by atoms with Crippen LogP contribution in [-0.4, -0.2) is 35.8 Å². The summed E-state index contributed by atoms with van der Waals surface area (Å²) in [7, 11) is 0. The second-order valence-corrected chi connectivity index (χ2v) is 5.01. The van der Waals surface area contributed by atoms with E-state index in [1.807, 2.05) is 0 Å². The van der Waals surface area contributed by atoms with Gasteiger partial charge in [-0.2, -0.15) is 0 Å². The molecule has 0 spiro atoms. The quantitative estimate of drug-likeness (QED) is 0.874. The van der Waals surface area contributed by atoms with Crippen molar-refractivity contribution < 1.29 is 9.47 Å². The molecular formula is C12H18BrN3O2. The molecule has 1 atom stereocenters. The van der Waals surface area contributed by atoms with Crippen LogP contribution in [0.2, 0.25) is 0 Å². The van der Waals surface area contributed by atoms with Gasteiger partial charge in [-0.15, -0.1) is 0 Å². The summed E-state index contributed by atoms with van der Waals surface area (Å²) < 4.78 is 12.0. The predicted molar refractivity (Wildman–Crippen MR) is 73.0 cm³/mol. The Labute approximate surface area is 115 Å². The fourth-order valence-electron chi connectivity index (χ4n) is 1.77. The summed E-state index contributed by atoms with van der Waals surface area (Å²) >= 11 is 3.47. The second-order valence-electron chi connectivity index (χ2n) is 4.21. The molecule has 0 saturated carbocycles. The van der Waals surface area contributed by atoms with E-state index in [4.69, 9.17) is 9.47 Å². The third kappa shape index (κ3) is 3.55. The van der Waals surface area contributed by atoms with Gasteiger partial charge in [-0.25, -0.2) is 9.97 Å². The highest BCUT2D eigenvalue weighted by atomic mass is 79.9. The summed E-state index contributed by atoms with van der Waals surface area (Å²) in [6.45, 7) is 4.36. The van der Waals surface area contributed by atoms with Crippen molar-refractivity contribution >= 4 is 21.7 Å². The van der Waals surface area contributed by atoms with Crippen LogP contribution < -0.4 is 10.1 Å². The normalized spacial score (nSPS) is 18.9. The molecule has 1 fully saturated rings. The van der Waals surface area contributed by atoms with E-state index in [1.165, 1.54) is 6.33 Å². The molecule has 1 aliphatic heterocycles. The smallest absolute Gasteiger partial charge is 0.233 e. The third-order valence-electron chi connectivity index (χ3n) is 2.73. The van der Waals surface area contributed by atoms with Gasteiger partial charge in [-0.05, 0) is 35.2 Å². The number of halogens is 1. The van der Waals surface area contributed by atoms with Crippen LogP contribution in [0.15, 0.2) is 10.8 Å². The van der Waals surface area contributed by atoms with Crippen molar-refractivity contribution in [3.63, 3.8) is 0 Å². The van der Waals surface area contributed by atoms with Crippen molar-refractivity contribution in [2.45, 2.75) is 32.3 Å². The molecule has 1 aromatic rings. The molecule has 2 rings (SSSR count). The minimum atomic E-state index is 0.193. The molecule has 0 bridgehead atoms. The van der Waals surface area contributed by atoms with E-state index in [9.17, 15) is 0 Å². The van der Waals surface area contributed by atoms with Crippen molar-refractivity contribution in [2.24, 2.45) is 0 Å². The maximum Gasteiger partial charge on any atom is 0.233 e. The van der Waals surface area contributed by atoms with Gasteiger partial charge in [0.1, 0.15) is 23.2 Å². The molecule has 1 aliphatic rings. The van der Waals surface area contributed by atoms with Gasteiger partial charge in [-0.3, -0.25) is 0 Å². The second kappa shape index (κ2) is 6.89. The Bertz CT molecular complexity index is 384. The number of rotatable bonds is 6. The predicted octanol–water partition coefficient (Wildman–Crippen LogP) is 2.62. The minimum Gasteiger partial charge on any atom is -0.474 e. The van der Waals surface area contributed by atoms with Crippen LogP contribution in [-0.2, 0) is 4.74 Å². The first-order valence-electron chi connectivity index (χ1n) is 6.30. The molecule has 1 saturated heterocycles. The first-order valence-corrected chi connectivity index (χ1v) is 7.09. The molecule has 1 aromatic heterocycles. The largest absolute Gasteiger partial charge is 0.474 e. The zero-order valence-electron chi connectivity index (χ0n) is 10.5. The van der Waals surface area contributed by atoms with E-state index in [0.29, 0.717) is 12.5 Å². The zero-order chi connectivity index (χ0) is 12.8. The molecule has 6 heteroatoms. The van der Waals surface area contributed by atoms with Crippen LogP contribution in [0.4, 0.5) is 5.82 Å². The van der Waals surface area contributed by atoms with Gasteiger partial charge in [0.05, 0.1) is 6.10 Å². The van der Waals surface area contributed by atoms with E-state index in [2.05, 4.69) is 38.1 Å². The molecule has 0 amide bonds. The molecule has 5 nitrogen and oxygen atoms in total. The number of nitrogens with zero attached hydrogens (tertiary/aromatic N) is 2. The summed E-state index contributed by atoms with van der Waals surface area (Å²) in [6.07, 6.45) is 4.92. The van der Waals surface area contributed by atoms with Crippen molar-refractivity contribution in [3.05, 3.63) is 10.8 Å². The lowest BCUT2D eigenvalue weighted by Crippen LogP contribution is -2.17. The summed E-state index contributed by atoms with van der Waals surface area (Å²) in [5, 5.41) is 3.22. The molecule has 2 heterocycles. The Balaban J connectivity index is 1.94. The third-order valence-corrected chi connectivity index (χ3v) is 3.44. The molecule has 1 N–H and O–H groups in total. The van der Waals surface area contributed by atoms with Crippen LogP contribution in [0.1, 0.15) is 26.2 Å². The highest BCUT2D eigenvalue weighted by molar-refractivity contribution is 9.10. The van der Waals surface area contributed by atoms with E-state index >= 15 is 0 Å². The molecule has 1 unspecified atom stereocenters. The van der Waals surface area contributed by atoms with Gasteiger partial charge in [0.2, 0.25) is 5.88 Å². The number of nitrogens with one attached hydrogen (secondary N) is 1. The fourth-order valence-corrected chi connectivity index (χ4v) is 2.23. The summed E-state index contributed by atoms with van der Waals surface area (Å²) in [6, 6.07) is 0. The topological polar surface area (TPSA) is 56.3 Å². The van der Waals surface area contributed by atoms with Gasteiger partial charge < -0.3 is 14.8 Å². The Morgan fingerprint density at radius 3 is 3.17 bits per heavy atom. The number of anilines is 1. The number of ether oxygens (including phenoxy) is 2. The van der Waals surface area contributed by atoms with Crippen LogP contribution in [0.5, 0.6) is 5.88 Å². The molecule has 0 aliphatic carbocycles. The van der Waals surface area contributed by atoms with E-state index < -0.39 is 0 Å². The molecular weight excluding hydrogens is 298 g/mol. The molecule has 100 valence electrons. The van der Waals surface area contributed by atoms with Gasteiger partial charge in [-0.1, -0.05) is 6.92 Å². The van der Waals surface area contributed by atoms with Crippen molar-refractivity contribution in [1.29, 1.82) is 0 Å². The van der Waals surface area contributed by atoms with Crippen molar-refractivity contribution in [1.82, 2.24) is 9.97 Å². The van der Waals surface area contributed by atoms with Gasteiger partial charge in [0, 0.05) is 13.2 Å². The maximum atomic E-state index is 5.68. The number of aromatic nitrogens is 2. The lowest BCUT2D eigenvalue weighted by Gasteiger charge is -2.13. The highest BCUT2D eigenvalue weighted by Gasteiger charge is 2.17. The fraction of sp³-hybridized carbons (Fsp3) is 0.667. The van der Waals surface area contributed by atoms with Gasteiger partial charge >= 0.3 is 0 Å². The minimum absolute atomic E-state index is 0.193. The van der Waals surface area contributed by atoms with Crippen molar-refractivity contribution in [2.75, 3.05) is 25.1 Å². The maximum absolute atomic E-state index is 5.68.